The van der Waals surface area contributed by atoms with Gasteiger partial charge in [0.15, 0.2) is 0 Å². The Morgan fingerprint density at radius 3 is 2.11 bits per heavy atom. The maximum absolute atomic E-state index is 13.0. The Morgan fingerprint density at radius 2 is 1.47 bits per heavy atom. The van der Waals surface area contributed by atoms with Gasteiger partial charge < -0.3 is 20.3 Å². The van der Waals surface area contributed by atoms with Crippen molar-refractivity contribution >= 4 is 17.5 Å². The summed E-state index contributed by atoms with van der Waals surface area (Å²) in [7, 11) is 2.04. The minimum Gasteiger partial charge on any atom is -0.489 e. The van der Waals surface area contributed by atoms with E-state index in [1.165, 1.54) is 0 Å². The Kier molecular flexibility index (Phi) is 10.4. The number of nitrogens with one attached hydrogen (secondary N) is 2. The maximum Gasteiger partial charge on any atom is 0.242 e. The van der Waals surface area contributed by atoms with Gasteiger partial charge in [-0.3, -0.25) is 9.59 Å². The molecule has 0 fully saturated rings. The van der Waals surface area contributed by atoms with Gasteiger partial charge in [0.2, 0.25) is 11.8 Å². The van der Waals surface area contributed by atoms with Crippen LogP contribution in [0.1, 0.15) is 31.4 Å². The molecule has 1 atom stereocenters. The Morgan fingerprint density at radius 1 is 0.833 bits per heavy atom. The lowest BCUT2D eigenvalue weighted by molar-refractivity contribution is -0.130. The predicted molar refractivity (Wildman–Crippen MR) is 145 cm³/mol. The summed E-state index contributed by atoms with van der Waals surface area (Å²) in [5.41, 5.74) is 3.20. The lowest BCUT2D eigenvalue weighted by atomic mass is 10.0. The number of nitrogens with zero attached hydrogens (tertiary/aromatic N) is 1. The van der Waals surface area contributed by atoms with Gasteiger partial charge in [0.1, 0.15) is 18.4 Å². The Balaban J connectivity index is 1.52. The summed E-state index contributed by atoms with van der Waals surface area (Å²) in [4.78, 5) is 27.5. The van der Waals surface area contributed by atoms with Gasteiger partial charge in [-0.1, -0.05) is 74.5 Å². The normalized spacial score (nSPS) is 11.6. The summed E-state index contributed by atoms with van der Waals surface area (Å²) < 4.78 is 5.86. The van der Waals surface area contributed by atoms with E-state index in [1.54, 1.807) is 0 Å². The number of anilines is 1. The lowest BCUT2D eigenvalue weighted by Gasteiger charge is -2.21. The average Bonchev–Trinajstić information content (AvgIpc) is 2.91. The molecule has 190 valence electrons. The molecule has 36 heavy (non-hydrogen) atoms. The number of hydrogen-bond acceptors (Lipinski definition) is 4. The molecular weight excluding hydrogens is 450 g/mol. The van der Waals surface area contributed by atoms with Gasteiger partial charge >= 0.3 is 0 Å². The summed E-state index contributed by atoms with van der Waals surface area (Å²) in [6.07, 6.45) is 1.21. The van der Waals surface area contributed by atoms with Crippen LogP contribution in [0.25, 0.3) is 0 Å². The van der Waals surface area contributed by atoms with Crippen LogP contribution in [-0.4, -0.2) is 38.0 Å². The Bertz CT molecular complexity index is 1070. The fourth-order valence-corrected chi connectivity index (χ4v) is 3.71. The number of rotatable bonds is 13. The highest BCUT2D eigenvalue weighted by Gasteiger charge is 2.22. The monoisotopic (exact) mass is 487 g/mol. The largest absolute Gasteiger partial charge is 0.489 e. The van der Waals surface area contributed by atoms with E-state index in [0.29, 0.717) is 19.6 Å². The fraction of sp³-hybridized carbons (Fsp3) is 0.333. The van der Waals surface area contributed by atoms with Crippen molar-refractivity contribution in [2.45, 2.75) is 39.3 Å². The van der Waals surface area contributed by atoms with Crippen LogP contribution >= 0.6 is 0 Å². The molecular formula is C30H37N3O3. The summed E-state index contributed by atoms with van der Waals surface area (Å²) in [5, 5.41) is 5.91. The van der Waals surface area contributed by atoms with Crippen LogP contribution < -0.4 is 20.3 Å². The number of benzene rings is 3. The third-order valence-electron chi connectivity index (χ3n) is 5.94. The molecule has 0 saturated heterocycles. The minimum atomic E-state index is -0.636. The van der Waals surface area contributed by atoms with E-state index in [9.17, 15) is 9.59 Å². The van der Waals surface area contributed by atoms with Crippen molar-refractivity contribution in [2.24, 2.45) is 5.92 Å². The Labute approximate surface area is 214 Å². The zero-order chi connectivity index (χ0) is 25.8. The van der Waals surface area contributed by atoms with Gasteiger partial charge in [0.25, 0.3) is 0 Å². The molecule has 2 amide bonds. The van der Waals surface area contributed by atoms with Gasteiger partial charge in [-0.05, 0) is 41.8 Å². The number of amides is 2. The summed E-state index contributed by atoms with van der Waals surface area (Å²) >= 11 is 0. The van der Waals surface area contributed by atoms with E-state index in [-0.39, 0.29) is 17.7 Å². The molecule has 0 aromatic heterocycles. The molecule has 0 saturated carbocycles. The topological polar surface area (TPSA) is 70.7 Å². The van der Waals surface area contributed by atoms with Crippen molar-refractivity contribution in [3.8, 4) is 5.75 Å². The van der Waals surface area contributed by atoms with Crippen LogP contribution in [0.3, 0.4) is 0 Å². The first-order valence-electron chi connectivity index (χ1n) is 12.5. The highest BCUT2D eigenvalue weighted by Crippen LogP contribution is 2.16. The molecule has 0 spiro atoms. The second kappa shape index (κ2) is 13.9. The zero-order valence-corrected chi connectivity index (χ0v) is 21.4. The first-order chi connectivity index (χ1) is 17.4. The quantitative estimate of drug-likeness (QED) is 0.346. The van der Waals surface area contributed by atoms with Crippen LogP contribution in [0.4, 0.5) is 5.69 Å². The molecule has 6 nitrogen and oxygen atoms in total. The van der Waals surface area contributed by atoms with Crippen molar-refractivity contribution in [3.05, 3.63) is 96.1 Å². The third kappa shape index (κ3) is 8.77. The van der Waals surface area contributed by atoms with Crippen LogP contribution in [-0.2, 0) is 22.6 Å². The molecule has 3 aromatic rings. The second-order valence-electron chi connectivity index (χ2n) is 9.24. The standard InChI is InChI=1S/C30H37N3O3/c1-23(2)29(34)32-28(30(35)31-19-10-20-33(3)26-13-8-5-9-14-26)21-24-15-17-27(18-16-24)36-22-25-11-6-4-7-12-25/h4-9,11-18,23,28H,10,19-22H2,1-3H3,(H,31,35)(H,32,34). The van der Waals surface area contributed by atoms with E-state index in [1.807, 2.05) is 93.7 Å². The molecule has 2 N–H and O–H groups in total. The predicted octanol–water partition coefficient (Wildman–Crippen LogP) is 4.59. The van der Waals surface area contributed by atoms with Crippen molar-refractivity contribution in [3.63, 3.8) is 0 Å². The van der Waals surface area contributed by atoms with Crippen molar-refractivity contribution < 1.29 is 14.3 Å². The SMILES string of the molecule is CC(C)C(=O)NC(Cc1ccc(OCc2ccccc2)cc1)C(=O)NCCCN(C)c1ccccc1. The van der Waals surface area contributed by atoms with Crippen LogP contribution in [0, 0.1) is 5.92 Å². The highest BCUT2D eigenvalue weighted by atomic mass is 16.5. The van der Waals surface area contributed by atoms with Gasteiger partial charge in [-0.15, -0.1) is 0 Å². The molecule has 0 bridgehead atoms. The molecule has 3 rings (SSSR count). The molecule has 0 aliphatic rings. The van der Waals surface area contributed by atoms with E-state index in [2.05, 4.69) is 27.7 Å². The van der Waals surface area contributed by atoms with Gasteiger partial charge in [0.05, 0.1) is 0 Å². The van der Waals surface area contributed by atoms with E-state index < -0.39 is 6.04 Å². The zero-order valence-electron chi connectivity index (χ0n) is 21.4. The maximum atomic E-state index is 13.0. The summed E-state index contributed by atoms with van der Waals surface area (Å²) in [6.45, 7) is 5.49. The lowest BCUT2D eigenvalue weighted by Crippen LogP contribution is -2.49. The number of carbonyl (C=O) groups excluding carboxylic acids is 2. The number of para-hydroxylation sites is 1. The van der Waals surface area contributed by atoms with Crippen LogP contribution in [0.2, 0.25) is 0 Å². The molecule has 3 aromatic carbocycles. The smallest absolute Gasteiger partial charge is 0.242 e. The minimum absolute atomic E-state index is 0.137. The number of carbonyl (C=O) groups is 2. The first-order valence-corrected chi connectivity index (χ1v) is 12.5. The highest BCUT2D eigenvalue weighted by molar-refractivity contribution is 5.88. The molecule has 0 aliphatic heterocycles. The third-order valence-corrected chi connectivity index (χ3v) is 5.94. The molecule has 0 heterocycles. The van der Waals surface area contributed by atoms with Crippen LogP contribution in [0.15, 0.2) is 84.9 Å². The van der Waals surface area contributed by atoms with Crippen LogP contribution in [0.5, 0.6) is 5.75 Å². The van der Waals surface area contributed by atoms with E-state index in [4.69, 9.17) is 4.74 Å². The molecule has 0 aliphatic carbocycles. The second-order valence-corrected chi connectivity index (χ2v) is 9.24. The Hall–Kier alpha value is -3.80. The number of ether oxygens (including phenoxy) is 1. The van der Waals surface area contributed by atoms with Crippen molar-refractivity contribution in [1.29, 1.82) is 0 Å². The first kappa shape index (κ1) is 26.8. The number of hydrogen-bond donors (Lipinski definition) is 2. The van der Waals surface area contributed by atoms with Gasteiger partial charge in [-0.25, -0.2) is 0 Å². The van der Waals surface area contributed by atoms with E-state index >= 15 is 0 Å². The average molecular weight is 488 g/mol. The molecule has 6 heteroatoms. The van der Waals surface area contributed by atoms with E-state index in [0.717, 1.165) is 35.5 Å². The van der Waals surface area contributed by atoms with Crippen molar-refractivity contribution in [2.75, 3.05) is 25.0 Å². The van der Waals surface area contributed by atoms with Gasteiger partial charge in [0, 0.05) is 38.2 Å². The summed E-state index contributed by atoms with van der Waals surface area (Å²) in [5.74, 6) is 0.253. The fourth-order valence-electron chi connectivity index (χ4n) is 3.71. The summed E-state index contributed by atoms with van der Waals surface area (Å²) in [6, 6.07) is 27.2. The van der Waals surface area contributed by atoms with Gasteiger partial charge in [-0.2, -0.15) is 0 Å². The molecule has 1 unspecified atom stereocenters. The van der Waals surface area contributed by atoms with Crippen molar-refractivity contribution in [1.82, 2.24) is 10.6 Å². The molecule has 0 radical (unpaired) electrons.